The largest absolute Gasteiger partial charge is 0.491 e. The van der Waals surface area contributed by atoms with Crippen LogP contribution in [0.5, 0.6) is 5.75 Å². The van der Waals surface area contributed by atoms with Crippen LogP contribution >= 0.6 is 23.2 Å². The van der Waals surface area contributed by atoms with Crippen LogP contribution in [-0.2, 0) is 4.74 Å². The summed E-state index contributed by atoms with van der Waals surface area (Å²) in [6.07, 6.45) is -4.32. The number of hydrogen-bond acceptors (Lipinski definition) is 2. The molecule has 0 fully saturated rings. The molecule has 0 radical (unpaired) electrons. The third-order valence-corrected chi connectivity index (χ3v) is 2.39. The molecule has 0 aliphatic carbocycles. The van der Waals surface area contributed by atoms with Gasteiger partial charge in [-0.05, 0) is 12.1 Å². The zero-order valence-electron chi connectivity index (χ0n) is 8.56. The standard InChI is InChI=1S/C10H9Cl2F3O2/c11-8-2-1-7(5-9(8)12)17-4-3-16-6-10(13,14)15/h1-2,5H,3-4,6H2. The second kappa shape index (κ2) is 6.33. The van der Waals surface area contributed by atoms with Gasteiger partial charge in [-0.1, -0.05) is 23.2 Å². The Balaban J connectivity index is 2.25. The molecule has 0 amide bonds. The van der Waals surface area contributed by atoms with Crippen molar-refractivity contribution in [2.24, 2.45) is 0 Å². The van der Waals surface area contributed by atoms with Crippen LogP contribution in [0.2, 0.25) is 10.0 Å². The van der Waals surface area contributed by atoms with Crippen molar-refractivity contribution in [3.8, 4) is 5.75 Å². The topological polar surface area (TPSA) is 18.5 Å². The molecule has 0 aliphatic heterocycles. The van der Waals surface area contributed by atoms with Gasteiger partial charge in [0.15, 0.2) is 0 Å². The Hall–Kier alpha value is -0.650. The number of alkyl halides is 3. The summed E-state index contributed by atoms with van der Waals surface area (Å²) >= 11 is 11.4. The number of rotatable bonds is 5. The Labute approximate surface area is 106 Å². The quantitative estimate of drug-likeness (QED) is 0.764. The first-order chi connectivity index (χ1) is 7.88. The molecule has 0 atom stereocenters. The van der Waals surface area contributed by atoms with Gasteiger partial charge in [0.05, 0.1) is 16.7 Å². The summed E-state index contributed by atoms with van der Waals surface area (Å²) < 4.78 is 44.6. The minimum Gasteiger partial charge on any atom is -0.491 e. The van der Waals surface area contributed by atoms with Crippen molar-refractivity contribution >= 4 is 23.2 Å². The van der Waals surface area contributed by atoms with Crippen molar-refractivity contribution < 1.29 is 22.6 Å². The summed E-state index contributed by atoms with van der Waals surface area (Å²) in [4.78, 5) is 0. The lowest BCUT2D eigenvalue weighted by Gasteiger charge is -2.09. The molecule has 0 spiro atoms. The Morgan fingerprint density at radius 3 is 2.35 bits per heavy atom. The van der Waals surface area contributed by atoms with Crippen molar-refractivity contribution in [2.75, 3.05) is 19.8 Å². The molecule has 0 aromatic heterocycles. The lowest BCUT2D eigenvalue weighted by molar-refractivity contribution is -0.175. The average molecular weight is 289 g/mol. The fourth-order valence-corrected chi connectivity index (χ4v) is 1.26. The van der Waals surface area contributed by atoms with E-state index in [1.54, 1.807) is 6.07 Å². The number of ether oxygens (including phenoxy) is 2. The van der Waals surface area contributed by atoms with Crippen LogP contribution in [0, 0.1) is 0 Å². The van der Waals surface area contributed by atoms with Gasteiger partial charge < -0.3 is 9.47 Å². The van der Waals surface area contributed by atoms with E-state index in [1.165, 1.54) is 12.1 Å². The second-order valence-corrected chi connectivity index (χ2v) is 3.91. The molecule has 1 aromatic carbocycles. The maximum absolute atomic E-state index is 11.7. The first kappa shape index (κ1) is 14.4. The molecule has 17 heavy (non-hydrogen) atoms. The predicted molar refractivity (Wildman–Crippen MR) is 58.8 cm³/mol. The first-order valence-corrected chi connectivity index (χ1v) is 5.36. The zero-order chi connectivity index (χ0) is 12.9. The summed E-state index contributed by atoms with van der Waals surface area (Å²) in [5, 5.41) is 0.702. The van der Waals surface area contributed by atoms with Gasteiger partial charge in [0.1, 0.15) is 19.0 Å². The predicted octanol–water partition coefficient (Wildman–Crippen LogP) is 3.95. The van der Waals surface area contributed by atoms with Crippen molar-refractivity contribution in [1.82, 2.24) is 0 Å². The summed E-state index contributed by atoms with van der Waals surface area (Å²) in [6.45, 7) is -1.43. The van der Waals surface area contributed by atoms with Gasteiger partial charge in [-0.25, -0.2) is 0 Å². The lowest BCUT2D eigenvalue weighted by atomic mass is 10.3. The van der Waals surface area contributed by atoms with Crippen LogP contribution in [0.1, 0.15) is 0 Å². The van der Waals surface area contributed by atoms with E-state index in [9.17, 15) is 13.2 Å². The molecule has 0 N–H and O–H groups in total. The maximum Gasteiger partial charge on any atom is 0.411 e. The normalized spacial score (nSPS) is 11.6. The maximum atomic E-state index is 11.7. The van der Waals surface area contributed by atoms with Gasteiger partial charge in [0, 0.05) is 6.07 Å². The summed E-state index contributed by atoms with van der Waals surface area (Å²) in [7, 11) is 0. The zero-order valence-corrected chi connectivity index (χ0v) is 10.1. The number of halogens is 5. The van der Waals surface area contributed by atoms with Crippen LogP contribution in [0.4, 0.5) is 13.2 Å². The van der Waals surface area contributed by atoms with E-state index in [1.807, 2.05) is 0 Å². The first-order valence-electron chi connectivity index (χ1n) is 4.61. The minimum atomic E-state index is -4.32. The molecule has 0 bridgehead atoms. The van der Waals surface area contributed by atoms with Gasteiger partial charge >= 0.3 is 6.18 Å². The van der Waals surface area contributed by atoms with E-state index in [2.05, 4.69) is 4.74 Å². The average Bonchev–Trinajstić information content (AvgIpc) is 2.21. The van der Waals surface area contributed by atoms with Crippen LogP contribution in [0.15, 0.2) is 18.2 Å². The van der Waals surface area contributed by atoms with Gasteiger partial charge in [-0.2, -0.15) is 13.2 Å². The van der Waals surface area contributed by atoms with E-state index in [0.29, 0.717) is 15.8 Å². The Kier molecular flexibility index (Phi) is 5.36. The van der Waals surface area contributed by atoms with Gasteiger partial charge in [-0.15, -0.1) is 0 Å². The molecule has 0 aliphatic rings. The SMILES string of the molecule is FC(F)(F)COCCOc1ccc(Cl)c(Cl)c1. The molecule has 0 unspecified atom stereocenters. The Bertz CT molecular complexity index is 369. The van der Waals surface area contributed by atoms with Crippen LogP contribution < -0.4 is 4.74 Å². The van der Waals surface area contributed by atoms with Crippen molar-refractivity contribution in [1.29, 1.82) is 0 Å². The number of hydrogen-bond donors (Lipinski definition) is 0. The molecule has 1 aromatic rings. The van der Waals surface area contributed by atoms with Crippen molar-refractivity contribution in [3.05, 3.63) is 28.2 Å². The number of benzene rings is 1. The van der Waals surface area contributed by atoms with Crippen LogP contribution in [-0.4, -0.2) is 26.0 Å². The van der Waals surface area contributed by atoms with Gasteiger partial charge in [0.25, 0.3) is 0 Å². The van der Waals surface area contributed by atoms with Gasteiger partial charge in [-0.3, -0.25) is 0 Å². The fourth-order valence-electron chi connectivity index (χ4n) is 0.973. The highest BCUT2D eigenvalue weighted by atomic mass is 35.5. The molecule has 7 heteroatoms. The Morgan fingerprint density at radius 2 is 1.76 bits per heavy atom. The molecular formula is C10H9Cl2F3O2. The fraction of sp³-hybridized carbons (Fsp3) is 0.400. The third-order valence-electron chi connectivity index (χ3n) is 1.65. The summed E-state index contributed by atoms with van der Waals surface area (Å²) in [5.74, 6) is 0.426. The van der Waals surface area contributed by atoms with Crippen LogP contribution in [0.3, 0.4) is 0 Å². The molecule has 0 heterocycles. The highest BCUT2D eigenvalue weighted by Gasteiger charge is 2.27. The molecule has 0 saturated heterocycles. The van der Waals surface area contributed by atoms with E-state index >= 15 is 0 Å². The van der Waals surface area contributed by atoms with E-state index in [-0.39, 0.29) is 13.2 Å². The van der Waals surface area contributed by atoms with E-state index < -0.39 is 12.8 Å². The lowest BCUT2D eigenvalue weighted by Crippen LogP contribution is -2.19. The van der Waals surface area contributed by atoms with Crippen molar-refractivity contribution in [3.63, 3.8) is 0 Å². The minimum absolute atomic E-state index is 0.00798. The van der Waals surface area contributed by atoms with Gasteiger partial charge in [0.2, 0.25) is 0 Å². The van der Waals surface area contributed by atoms with Crippen molar-refractivity contribution in [2.45, 2.75) is 6.18 Å². The summed E-state index contributed by atoms with van der Waals surface area (Å²) in [5.41, 5.74) is 0. The Morgan fingerprint density at radius 1 is 1.06 bits per heavy atom. The summed E-state index contributed by atoms with van der Waals surface area (Å²) in [6, 6.07) is 4.58. The highest BCUT2D eigenvalue weighted by molar-refractivity contribution is 6.42. The molecule has 1 rings (SSSR count). The highest BCUT2D eigenvalue weighted by Crippen LogP contribution is 2.26. The molecular weight excluding hydrogens is 280 g/mol. The smallest absolute Gasteiger partial charge is 0.411 e. The molecule has 0 saturated carbocycles. The van der Waals surface area contributed by atoms with Crippen LogP contribution in [0.25, 0.3) is 0 Å². The monoisotopic (exact) mass is 288 g/mol. The molecule has 96 valence electrons. The third kappa shape index (κ3) is 6.00. The second-order valence-electron chi connectivity index (χ2n) is 3.09. The van der Waals surface area contributed by atoms with E-state index in [4.69, 9.17) is 27.9 Å². The molecule has 2 nitrogen and oxygen atoms in total. The van der Waals surface area contributed by atoms with E-state index in [0.717, 1.165) is 0 Å².